The molecule has 0 aromatic carbocycles. The van der Waals surface area contributed by atoms with Gasteiger partial charge in [0.05, 0.1) is 17.9 Å². The lowest BCUT2D eigenvalue weighted by Gasteiger charge is -2.34. The normalized spacial score (nSPS) is 26.2. The summed E-state index contributed by atoms with van der Waals surface area (Å²) in [5.41, 5.74) is 3.90. The molecule has 1 heterocycles. The predicted molar refractivity (Wildman–Crippen MR) is 72.4 cm³/mol. The number of nitrogens with two attached hydrogens (primary N) is 1. The summed E-state index contributed by atoms with van der Waals surface area (Å²) < 4.78 is 0. The molecule has 4 heteroatoms. The molecule has 0 spiro atoms. The third kappa shape index (κ3) is 3.06. The zero-order valence-electron chi connectivity index (χ0n) is 11.3. The molecule has 2 rings (SSSR count). The summed E-state index contributed by atoms with van der Waals surface area (Å²) in [6.07, 6.45) is 10.3. The third-order valence-corrected chi connectivity index (χ3v) is 4.31. The highest BCUT2D eigenvalue weighted by Crippen LogP contribution is 2.38. The molecule has 1 aromatic heterocycles. The molecule has 0 aliphatic heterocycles. The highest BCUT2D eigenvalue weighted by atomic mass is 15.2. The molecule has 1 saturated carbocycles. The maximum absolute atomic E-state index is 5.71. The molecule has 0 radical (unpaired) electrons. The molecule has 1 aliphatic carbocycles. The Bertz CT molecular complexity index is 344. The summed E-state index contributed by atoms with van der Waals surface area (Å²) in [5.74, 6) is 7.97. The van der Waals surface area contributed by atoms with Crippen LogP contribution < -0.4 is 11.3 Å². The highest BCUT2D eigenvalue weighted by molar-refractivity contribution is 5.04. The topological polar surface area (TPSA) is 63.8 Å². The quantitative estimate of drug-likeness (QED) is 0.634. The molecular weight excluding hydrogens is 224 g/mol. The SMILES string of the molecule is CC(C)C1CCC(C(NN)c2cnccn2)CC1. The maximum Gasteiger partial charge on any atom is 0.0772 e. The van der Waals surface area contributed by atoms with Crippen molar-refractivity contribution in [2.75, 3.05) is 0 Å². The average Bonchev–Trinajstić information content (AvgIpc) is 2.41. The molecule has 0 amide bonds. The Balaban J connectivity index is 1.99. The van der Waals surface area contributed by atoms with E-state index in [1.807, 2.05) is 6.20 Å². The molecule has 1 unspecified atom stereocenters. The van der Waals surface area contributed by atoms with Gasteiger partial charge in [-0.3, -0.25) is 21.2 Å². The molecule has 1 aromatic rings. The zero-order chi connectivity index (χ0) is 13.0. The summed E-state index contributed by atoms with van der Waals surface area (Å²) in [6, 6.07) is 0.145. The van der Waals surface area contributed by atoms with Crippen molar-refractivity contribution in [3.63, 3.8) is 0 Å². The second-order valence-electron chi connectivity index (χ2n) is 5.69. The molecule has 1 atom stereocenters. The van der Waals surface area contributed by atoms with Crippen LogP contribution in [-0.2, 0) is 0 Å². The van der Waals surface area contributed by atoms with Crippen molar-refractivity contribution in [1.29, 1.82) is 0 Å². The van der Waals surface area contributed by atoms with Crippen LogP contribution in [0.3, 0.4) is 0 Å². The summed E-state index contributed by atoms with van der Waals surface area (Å²) in [4.78, 5) is 8.51. The van der Waals surface area contributed by atoms with E-state index in [0.29, 0.717) is 5.92 Å². The van der Waals surface area contributed by atoms with Gasteiger partial charge in [-0.15, -0.1) is 0 Å². The fraction of sp³-hybridized carbons (Fsp3) is 0.714. The van der Waals surface area contributed by atoms with Crippen LogP contribution in [0, 0.1) is 17.8 Å². The highest BCUT2D eigenvalue weighted by Gasteiger charge is 2.29. The standard InChI is InChI=1S/C14H24N4/c1-10(2)11-3-5-12(6-4-11)14(18-15)13-9-16-7-8-17-13/h7-12,14,18H,3-6,15H2,1-2H3. The molecule has 0 saturated heterocycles. The first-order valence-electron chi connectivity index (χ1n) is 6.94. The summed E-state index contributed by atoms with van der Waals surface area (Å²) in [6.45, 7) is 4.65. The number of nitrogens with one attached hydrogen (secondary N) is 1. The second-order valence-corrected chi connectivity index (χ2v) is 5.69. The summed E-state index contributed by atoms with van der Waals surface area (Å²) >= 11 is 0. The van der Waals surface area contributed by atoms with Gasteiger partial charge in [-0.05, 0) is 43.4 Å². The van der Waals surface area contributed by atoms with Crippen molar-refractivity contribution in [2.24, 2.45) is 23.6 Å². The van der Waals surface area contributed by atoms with Gasteiger partial charge in [-0.2, -0.15) is 0 Å². The van der Waals surface area contributed by atoms with Crippen LogP contribution in [0.25, 0.3) is 0 Å². The predicted octanol–water partition coefficient (Wildman–Crippen LogP) is 2.44. The van der Waals surface area contributed by atoms with Gasteiger partial charge in [-0.25, -0.2) is 0 Å². The van der Waals surface area contributed by atoms with Crippen molar-refractivity contribution in [3.05, 3.63) is 24.3 Å². The van der Waals surface area contributed by atoms with E-state index in [1.54, 1.807) is 12.4 Å². The molecular formula is C14H24N4. The van der Waals surface area contributed by atoms with Crippen molar-refractivity contribution >= 4 is 0 Å². The number of hydrogen-bond donors (Lipinski definition) is 2. The zero-order valence-corrected chi connectivity index (χ0v) is 11.3. The van der Waals surface area contributed by atoms with Crippen molar-refractivity contribution in [3.8, 4) is 0 Å². The first kappa shape index (κ1) is 13.4. The minimum Gasteiger partial charge on any atom is -0.271 e. The minimum atomic E-state index is 0.145. The molecule has 3 N–H and O–H groups in total. The fourth-order valence-electron chi connectivity index (χ4n) is 3.08. The largest absolute Gasteiger partial charge is 0.271 e. The van der Waals surface area contributed by atoms with Gasteiger partial charge in [0, 0.05) is 12.4 Å². The Labute approximate surface area is 109 Å². The summed E-state index contributed by atoms with van der Waals surface area (Å²) in [5, 5.41) is 0. The second kappa shape index (κ2) is 6.25. The average molecular weight is 248 g/mol. The van der Waals surface area contributed by atoms with Crippen molar-refractivity contribution in [2.45, 2.75) is 45.6 Å². The first-order valence-corrected chi connectivity index (χ1v) is 6.94. The maximum atomic E-state index is 5.71. The Morgan fingerprint density at radius 2 is 1.83 bits per heavy atom. The van der Waals surface area contributed by atoms with Crippen molar-refractivity contribution < 1.29 is 0 Å². The molecule has 4 nitrogen and oxygen atoms in total. The van der Waals surface area contributed by atoms with Gasteiger partial charge in [0.15, 0.2) is 0 Å². The molecule has 0 bridgehead atoms. The van der Waals surface area contributed by atoms with Crippen LogP contribution >= 0.6 is 0 Å². The number of hydrazine groups is 1. The Morgan fingerprint density at radius 1 is 1.17 bits per heavy atom. The smallest absolute Gasteiger partial charge is 0.0772 e. The monoisotopic (exact) mass is 248 g/mol. The van der Waals surface area contributed by atoms with Gasteiger partial charge >= 0.3 is 0 Å². The van der Waals surface area contributed by atoms with Crippen LogP contribution in [0.2, 0.25) is 0 Å². The molecule has 18 heavy (non-hydrogen) atoms. The van der Waals surface area contributed by atoms with E-state index in [0.717, 1.165) is 17.5 Å². The number of hydrogen-bond acceptors (Lipinski definition) is 4. The van der Waals surface area contributed by atoms with E-state index in [4.69, 9.17) is 5.84 Å². The number of rotatable bonds is 4. The first-order chi connectivity index (χ1) is 8.72. The lowest BCUT2D eigenvalue weighted by molar-refractivity contribution is 0.187. The number of nitrogens with zero attached hydrogens (tertiary/aromatic N) is 2. The third-order valence-electron chi connectivity index (χ3n) is 4.31. The van der Waals surface area contributed by atoms with Crippen LogP contribution in [0.5, 0.6) is 0 Å². The van der Waals surface area contributed by atoms with E-state index in [9.17, 15) is 0 Å². The lowest BCUT2D eigenvalue weighted by Crippen LogP contribution is -2.36. The van der Waals surface area contributed by atoms with Crippen LogP contribution in [0.15, 0.2) is 18.6 Å². The van der Waals surface area contributed by atoms with Crippen LogP contribution in [0.4, 0.5) is 0 Å². The lowest BCUT2D eigenvalue weighted by atomic mass is 9.74. The Hall–Kier alpha value is -1.00. The van der Waals surface area contributed by atoms with E-state index >= 15 is 0 Å². The van der Waals surface area contributed by atoms with E-state index in [2.05, 4.69) is 29.2 Å². The Kier molecular flexibility index (Phi) is 4.66. The molecule has 1 aliphatic rings. The van der Waals surface area contributed by atoms with Gasteiger partial charge in [-0.1, -0.05) is 13.8 Å². The Morgan fingerprint density at radius 3 is 2.33 bits per heavy atom. The number of aromatic nitrogens is 2. The van der Waals surface area contributed by atoms with E-state index < -0.39 is 0 Å². The van der Waals surface area contributed by atoms with Crippen molar-refractivity contribution in [1.82, 2.24) is 15.4 Å². The van der Waals surface area contributed by atoms with E-state index in [1.165, 1.54) is 25.7 Å². The van der Waals surface area contributed by atoms with Gasteiger partial charge in [0.25, 0.3) is 0 Å². The van der Waals surface area contributed by atoms with E-state index in [-0.39, 0.29) is 6.04 Å². The fourth-order valence-corrected chi connectivity index (χ4v) is 3.08. The van der Waals surface area contributed by atoms with Crippen LogP contribution in [0.1, 0.15) is 51.3 Å². The molecule has 1 fully saturated rings. The molecule has 100 valence electrons. The van der Waals surface area contributed by atoms with Gasteiger partial charge in [0.1, 0.15) is 0 Å². The summed E-state index contributed by atoms with van der Waals surface area (Å²) in [7, 11) is 0. The van der Waals surface area contributed by atoms with Gasteiger partial charge < -0.3 is 0 Å². The minimum absolute atomic E-state index is 0.145. The van der Waals surface area contributed by atoms with Gasteiger partial charge in [0.2, 0.25) is 0 Å². The van der Waals surface area contributed by atoms with Crippen LogP contribution in [-0.4, -0.2) is 9.97 Å².